The molecule has 1 amide bonds. The minimum atomic E-state index is -0.0904. The predicted molar refractivity (Wildman–Crippen MR) is 110 cm³/mol. The maximum absolute atomic E-state index is 12.1. The number of nitrogens with one attached hydrogen (secondary N) is 2. The van der Waals surface area contributed by atoms with Crippen LogP contribution >= 0.6 is 11.3 Å². The van der Waals surface area contributed by atoms with Crippen LogP contribution in [0.2, 0.25) is 0 Å². The Morgan fingerprint density at radius 2 is 1.81 bits per heavy atom. The number of carbonyl (C=O) groups excluding carboxylic acids is 1. The van der Waals surface area contributed by atoms with Crippen molar-refractivity contribution in [3.63, 3.8) is 0 Å². The summed E-state index contributed by atoms with van der Waals surface area (Å²) in [7, 11) is 0. The molecule has 1 aromatic carbocycles. The Kier molecular flexibility index (Phi) is 5.02. The molecule has 0 radical (unpaired) electrons. The molecule has 2 aromatic heterocycles. The van der Waals surface area contributed by atoms with Gasteiger partial charge in [-0.2, -0.15) is 0 Å². The van der Waals surface area contributed by atoms with Crippen LogP contribution in [0.4, 0.5) is 23.0 Å². The fraction of sp³-hybridized carbons (Fsp3) is 0.250. The van der Waals surface area contributed by atoms with E-state index in [9.17, 15) is 4.79 Å². The van der Waals surface area contributed by atoms with Crippen molar-refractivity contribution in [2.24, 2.45) is 0 Å². The number of aromatic nitrogens is 2. The third-order valence-electron chi connectivity index (χ3n) is 4.41. The van der Waals surface area contributed by atoms with E-state index in [0.29, 0.717) is 4.88 Å². The van der Waals surface area contributed by atoms with Gasteiger partial charge < -0.3 is 15.5 Å². The van der Waals surface area contributed by atoms with E-state index in [1.807, 2.05) is 54.8 Å². The van der Waals surface area contributed by atoms with E-state index < -0.39 is 0 Å². The summed E-state index contributed by atoms with van der Waals surface area (Å²) in [4.78, 5) is 24.2. The van der Waals surface area contributed by atoms with Gasteiger partial charge in [0.2, 0.25) is 0 Å². The van der Waals surface area contributed by atoms with Crippen molar-refractivity contribution in [3.8, 4) is 0 Å². The van der Waals surface area contributed by atoms with Crippen molar-refractivity contribution in [2.75, 3.05) is 28.6 Å². The quantitative estimate of drug-likeness (QED) is 0.686. The van der Waals surface area contributed by atoms with Crippen molar-refractivity contribution in [3.05, 3.63) is 58.5 Å². The van der Waals surface area contributed by atoms with Gasteiger partial charge >= 0.3 is 0 Å². The molecule has 0 saturated carbocycles. The molecule has 0 atom stereocenters. The first-order valence-electron chi connectivity index (χ1n) is 9.00. The molecule has 138 valence electrons. The molecule has 2 N–H and O–H groups in total. The summed E-state index contributed by atoms with van der Waals surface area (Å²) >= 11 is 1.43. The second kappa shape index (κ2) is 7.75. The van der Waals surface area contributed by atoms with Crippen molar-refractivity contribution in [1.82, 2.24) is 9.97 Å². The van der Waals surface area contributed by atoms with Crippen LogP contribution in [-0.4, -0.2) is 29.0 Å². The van der Waals surface area contributed by atoms with Gasteiger partial charge in [0, 0.05) is 30.5 Å². The molecule has 27 heavy (non-hydrogen) atoms. The smallest absolute Gasteiger partial charge is 0.265 e. The molecule has 1 fully saturated rings. The summed E-state index contributed by atoms with van der Waals surface area (Å²) < 4.78 is 0. The highest BCUT2D eigenvalue weighted by molar-refractivity contribution is 7.12. The normalized spacial score (nSPS) is 13.6. The van der Waals surface area contributed by atoms with E-state index in [2.05, 4.69) is 25.5 Å². The Bertz CT molecular complexity index is 918. The molecular formula is C20H21N5OS. The number of aryl methyl sites for hydroxylation is 1. The highest BCUT2D eigenvalue weighted by Crippen LogP contribution is 2.24. The van der Waals surface area contributed by atoms with Crippen LogP contribution < -0.4 is 15.5 Å². The van der Waals surface area contributed by atoms with E-state index in [1.54, 1.807) is 0 Å². The number of thiophene rings is 1. The summed E-state index contributed by atoms with van der Waals surface area (Å²) in [6, 6.07) is 13.3. The van der Waals surface area contributed by atoms with Gasteiger partial charge in [0.05, 0.1) is 4.88 Å². The average Bonchev–Trinajstić information content (AvgIpc) is 3.37. The number of amides is 1. The zero-order valence-electron chi connectivity index (χ0n) is 15.1. The molecule has 6 nitrogen and oxygen atoms in total. The number of hydrogen-bond donors (Lipinski definition) is 2. The molecule has 1 saturated heterocycles. The second-order valence-electron chi connectivity index (χ2n) is 6.49. The summed E-state index contributed by atoms with van der Waals surface area (Å²) in [5.41, 5.74) is 1.67. The van der Waals surface area contributed by atoms with Crippen molar-refractivity contribution in [1.29, 1.82) is 0 Å². The molecule has 1 aliphatic rings. The van der Waals surface area contributed by atoms with Gasteiger partial charge in [0.1, 0.15) is 17.5 Å². The zero-order valence-corrected chi connectivity index (χ0v) is 15.9. The molecular weight excluding hydrogens is 358 g/mol. The molecule has 7 heteroatoms. The summed E-state index contributed by atoms with van der Waals surface area (Å²) in [5.74, 6) is 2.41. The first-order valence-corrected chi connectivity index (χ1v) is 9.88. The molecule has 0 spiro atoms. The van der Waals surface area contributed by atoms with E-state index in [0.717, 1.165) is 41.9 Å². The summed E-state index contributed by atoms with van der Waals surface area (Å²) in [6.45, 7) is 4.01. The fourth-order valence-corrected chi connectivity index (χ4v) is 3.73. The Hall–Kier alpha value is -2.93. The summed E-state index contributed by atoms with van der Waals surface area (Å²) in [6.07, 6.45) is 2.43. The molecule has 4 rings (SSSR count). The molecule has 1 aliphatic heterocycles. The third-order valence-corrected chi connectivity index (χ3v) is 5.28. The Morgan fingerprint density at radius 3 is 2.52 bits per heavy atom. The number of carbonyl (C=O) groups is 1. The van der Waals surface area contributed by atoms with Gasteiger partial charge in [-0.15, -0.1) is 11.3 Å². The predicted octanol–water partition coefficient (Wildman–Crippen LogP) is 4.44. The van der Waals surface area contributed by atoms with E-state index >= 15 is 0 Å². The van der Waals surface area contributed by atoms with Crippen LogP contribution in [0.3, 0.4) is 0 Å². The van der Waals surface area contributed by atoms with Crippen molar-refractivity contribution >= 4 is 40.3 Å². The molecule has 3 heterocycles. The van der Waals surface area contributed by atoms with Crippen LogP contribution in [0.5, 0.6) is 0 Å². The van der Waals surface area contributed by atoms with Gasteiger partial charge in [-0.3, -0.25) is 4.79 Å². The minimum absolute atomic E-state index is 0.0904. The lowest BCUT2D eigenvalue weighted by molar-refractivity contribution is 0.103. The highest BCUT2D eigenvalue weighted by Gasteiger charge is 2.15. The van der Waals surface area contributed by atoms with Crippen molar-refractivity contribution in [2.45, 2.75) is 19.8 Å². The average molecular weight is 379 g/mol. The van der Waals surface area contributed by atoms with Crippen LogP contribution in [0.1, 0.15) is 28.3 Å². The van der Waals surface area contributed by atoms with Crippen LogP contribution in [0, 0.1) is 6.92 Å². The lowest BCUT2D eigenvalue weighted by Crippen LogP contribution is -2.19. The first kappa shape index (κ1) is 17.5. The zero-order chi connectivity index (χ0) is 18.6. The number of hydrogen-bond acceptors (Lipinski definition) is 6. The number of rotatable bonds is 5. The van der Waals surface area contributed by atoms with E-state index in [4.69, 9.17) is 0 Å². The third kappa shape index (κ3) is 4.25. The fourth-order valence-electron chi connectivity index (χ4n) is 3.11. The van der Waals surface area contributed by atoms with Crippen molar-refractivity contribution < 1.29 is 4.79 Å². The number of nitrogens with zero attached hydrogens (tertiary/aromatic N) is 3. The SMILES string of the molecule is Cc1nc(Nc2ccc(NC(=O)c3cccs3)cc2)cc(N2CCCC2)n1. The molecule has 0 unspecified atom stereocenters. The van der Waals surface area contributed by atoms with Gasteiger partial charge in [-0.25, -0.2) is 9.97 Å². The standard InChI is InChI=1S/C20H21N5OS/c1-14-21-18(13-19(22-14)25-10-2-3-11-25)23-15-6-8-16(9-7-15)24-20(26)17-5-4-12-27-17/h4-9,12-13H,2-3,10-11H2,1H3,(H,24,26)(H,21,22,23). The monoisotopic (exact) mass is 379 g/mol. The van der Waals surface area contributed by atoms with Gasteiger partial charge in [0.25, 0.3) is 5.91 Å². The lowest BCUT2D eigenvalue weighted by atomic mass is 10.2. The lowest BCUT2D eigenvalue weighted by Gasteiger charge is -2.18. The minimum Gasteiger partial charge on any atom is -0.356 e. The maximum atomic E-state index is 12.1. The number of benzene rings is 1. The van der Waals surface area contributed by atoms with Crippen LogP contribution in [0.15, 0.2) is 47.8 Å². The first-order chi connectivity index (χ1) is 13.2. The topological polar surface area (TPSA) is 70.2 Å². The van der Waals surface area contributed by atoms with Gasteiger partial charge in [-0.1, -0.05) is 6.07 Å². The largest absolute Gasteiger partial charge is 0.356 e. The van der Waals surface area contributed by atoms with E-state index in [-0.39, 0.29) is 5.91 Å². The molecule has 0 aliphatic carbocycles. The van der Waals surface area contributed by atoms with Crippen LogP contribution in [0.25, 0.3) is 0 Å². The van der Waals surface area contributed by atoms with Crippen LogP contribution in [-0.2, 0) is 0 Å². The molecule has 3 aromatic rings. The Morgan fingerprint density at radius 1 is 1.07 bits per heavy atom. The number of anilines is 4. The maximum Gasteiger partial charge on any atom is 0.265 e. The molecule has 0 bridgehead atoms. The Labute approximate surface area is 162 Å². The Balaban J connectivity index is 1.44. The van der Waals surface area contributed by atoms with Gasteiger partial charge in [-0.05, 0) is 55.5 Å². The van der Waals surface area contributed by atoms with Gasteiger partial charge in [0.15, 0.2) is 0 Å². The second-order valence-corrected chi connectivity index (χ2v) is 7.43. The van der Waals surface area contributed by atoms with E-state index in [1.165, 1.54) is 24.2 Å². The summed E-state index contributed by atoms with van der Waals surface area (Å²) in [5, 5.41) is 8.12. The highest BCUT2D eigenvalue weighted by atomic mass is 32.1.